The molecule has 1 aromatic rings. The average Bonchev–Trinajstić information content (AvgIpc) is 2.72. The van der Waals surface area contributed by atoms with Crippen molar-refractivity contribution in [2.24, 2.45) is 29.6 Å². The first-order valence-corrected chi connectivity index (χ1v) is 8.38. The summed E-state index contributed by atoms with van der Waals surface area (Å²) in [5.74, 6) is 5.19. The maximum absolute atomic E-state index is 3.70. The summed E-state index contributed by atoms with van der Waals surface area (Å²) in [7, 11) is 2.13. The number of rotatable bonds is 3. The van der Waals surface area contributed by atoms with Crippen molar-refractivity contribution in [1.82, 2.24) is 5.32 Å². The van der Waals surface area contributed by atoms with Crippen LogP contribution in [0.15, 0.2) is 15.9 Å². The summed E-state index contributed by atoms with van der Waals surface area (Å²) in [6, 6.07) is 2.79. The molecule has 0 aromatic carbocycles. The number of thiophene rings is 1. The molecule has 3 aliphatic rings. The van der Waals surface area contributed by atoms with Gasteiger partial charge in [0.1, 0.15) is 0 Å². The van der Waals surface area contributed by atoms with Gasteiger partial charge in [-0.05, 0) is 83.3 Å². The number of nitrogens with one attached hydrogen (secondary N) is 1. The Morgan fingerprint density at radius 2 is 2.06 bits per heavy atom. The minimum Gasteiger partial charge on any atom is -0.312 e. The Kier molecular flexibility index (Phi) is 2.47. The third-order valence-electron chi connectivity index (χ3n) is 5.42. The molecule has 3 aliphatic carbocycles. The predicted octanol–water partition coefficient (Wildman–Crippen LogP) is 4.06. The Morgan fingerprint density at radius 3 is 2.59 bits per heavy atom. The lowest BCUT2D eigenvalue weighted by Crippen LogP contribution is -2.21. The van der Waals surface area contributed by atoms with Gasteiger partial charge in [-0.15, -0.1) is 11.3 Å². The van der Waals surface area contributed by atoms with E-state index >= 15 is 0 Å². The van der Waals surface area contributed by atoms with E-state index in [0.717, 1.165) is 29.6 Å². The predicted molar refractivity (Wildman–Crippen MR) is 75.1 cm³/mol. The van der Waals surface area contributed by atoms with E-state index in [9.17, 15) is 0 Å². The molecule has 1 nitrogen and oxygen atoms in total. The smallest absolute Gasteiger partial charge is 0.0458 e. The molecule has 0 amide bonds. The molecule has 3 saturated carbocycles. The van der Waals surface area contributed by atoms with Gasteiger partial charge in [-0.3, -0.25) is 0 Å². The minimum atomic E-state index is 0.600. The summed E-state index contributed by atoms with van der Waals surface area (Å²) in [6.07, 6.45) is 4.59. The van der Waals surface area contributed by atoms with Crippen LogP contribution in [0.5, 0.6) is 0 Å². The van der Waals surface area contributed by atoms with Crippen molar-refractivity contribution in [1.29, 1.82) is 0 Å². The third kappa shape index (κ3) is 1.45. The van der Waals surface area contributed by atoms with Crippen LogP contribution < -0.4 is 5.32 Å². The topological polar surface area (TPSA) is 12.0 Å². The van der Waals surface area contributed by atoms with E-state index in [1.54, 1.807) is 6.42 Å². The van der Waals surface area contributed by atoms with Crippen molar-refractivity contribution in [2.75, 3.05) is 7.05 Å². The highest BCUT2D eigenvalue weighted by Crippen LogP contribution is 2.72. The van der Waals surface area contributed by atoms with Crippen LogP contribution in [-0.2, 0) is 0 Å². The lowest BCUT2D eigenvalue weighted by molar-refractivity contribution is 0.388. The summed E-state index contributed by atoms with van der Waals surface area (Å²) in [6.45, 7) is 0. The van der Waals surface area contributed by atoms with Crippen LogP contribution in [0.3, 0.4) is 0 Å². The number of hydrogen-bond donors (Lipinski definition) is 1. The van der Waals surface area contributed by atoms with E-state index in [4.69, 9.17) is 0 Å². The van der Waals surface area contributed by atoms with Crippen molar-refractivity contribution in [3.8, 4) is 0 Å². The molecule has 4 rings (SSSR count). The van der Waals surface area contributed by atoms with Gasteiger partial charge in [-0.2, -0.15) is 0 Å². The Morgan fingerprint density at radius 1 is 1.35 bits per heavy atom. The molecule has 17 heavy (non-hydrogen) atoms. The monoisotopic (exact) mass is 311 g/mol. The van der Waals surface area contributed by atoms with Crippen LogP contribution in [0.25, 0.3) is 0 Å². The molecule has 92 valence electrons. The minimum absolute atomic E-state index is 0.600. The quantitative estimate of drug-likeness (QED) is 0.887. The Labute approximate surface area is 115 Å². The second-order valence-corrected chi connectivity index (χ2v) is 7.77. The van der Waals surface area contributed by atoms with Crippen molar-refractivity contribution in [3.05, 3.63) is 20.8 Å². The maximum atomic E-state index is 3.70. The fraction of sp³-hybridized carbons (Fsp3) is 0.714. The molecule has 0 spiro atoms. The molecule has 0 aliphatic heterocycles. The van der Waals surface area contributed by atoms with Gasteiger partial charge in [0, 0.05) is 15.4 Å². The number of halogens is 1. The van der Waals surface area contributed by atoms with Gasteiger partial charge in [0.2, 0.25) is 0 Å². The highest BCUT2D eigenvalue weighted by molar-refractivity contribution is 9.10. The van der Waals surface area contributed by atoms with E-state index < -0.39 is 0 Å². The zero-order chi connectivity index (χ0) is 11.6. The number of fused-ring (bicyclic) bond motifs is 5. The van der Waals surface area contributed by atoms with Crippen molar-refractivity contribution >= 4 is 27.3 Å². The lowest BCUT2D eigenvalue weighted by Gasteiger charge is -2.19. The third-order valence-corrected chi connectivity index (χ3v) is 7.37. The summed E-state index contributed by atoms with van der Waals surface area (Å²) in [5, 5.41) is 5.79. The first-order valence-electron chi connectivity index (χ1n) is 6.71. The highest BCUT2D eigenvalue weighted by atomic mass is 79.9. The molecule has 3 heteroatoms. The molecule has 5 unspecified atom stereocenters. The van der Waals surface area contributed by atoms with Crippen LogP contribution in [-0.4, -0.2) is 7.05 Å². The molecule has 1 N–H and O–H groups in total. The highest BCUT2D eigenvalue weighted by Gasteiger charge is 2.66. The van der Waals surface area contributed by atoms with Crippen LogP contribution in [0, 0.1) is 29.6 Å². The van der Waals surface area contributed by atoms with E-state index in [-0.39, 0.29) is 0 Å². The summed E-state index contributed by atoms with van der Waals surface area (Å²) in [4.78, 5) is 1.52. The fourth-order valence-corrected chi connectivity index (χ4v) is 6.65. The van der Waals surface area contributed by atoms with Gasteiger partial charge < -0.3 is 5.32 Å². The average molecular weight is 312 g/mol. The Bertz CT molecular complexity index is 427. The zero-order valence-electron chi connectivity index (χ0n) is 10.0. The fourth-order valence-electron chi connectivity index (χ4n) is 4.86. The molecule has 0 radical (unpaired) electrons. The maximum Gasteiger partial charge on any atom is 0.0458 e. The van der Waals surface area contributed by atoms with Crippen LogP contribution in [0.2, 0.25) is 0 Å². The largest absolute Gasteiger partial charge is 0.312 e. The lowest BCUT2D eigenvalue weighted by atomic mass is 9.96. The zero-order valence-corrected chi connectivity index (χ0v) is 12.4. The first-order chi connectivity index (χ1) is 8.31. The molecular formula is C14H18BrNS. The van der Waals surface area contributed by atoms with Gasteiger partial charge in [0.15, 0.2) is 0 Å². The van der Waals surface area contributed by atoms with E-state index in [2.05, 4.69) is 39.7 Å². The van der Waals surface area contributed by atoms with E-state index in [0.29, 0.717) is 6.04 Å². The van der Waals surface area contributed by atoms with Crippen molar-refractivity contribution < 1.29 is 0 Å². The second-order valence-electron chi connectivity index (χ2n) is 5.96. The SMILES string of the molecule is CNC(c1sccc1Br)C1C2C3CCC(C3)C21. The van der Waals surface area contributed by atoms with Crippen molar-refractivity contribution in [2.45, 2.75) is 25.3 Å². The molecular weight excluding hydrogens is 294 g/mol. The molecule has 2 bridgehead atoms. The second kappa shape index (κ2) is 3.82. The summed E-state index contributed by atoms with van der Waals surface area (Å²) < 4.78 is 1.30. The first kappa shape index (κ1) is 11.0. The summed E-state index contributed by atoms with van der Waals surface area (Å²) >= 11 is 5.60. The Balaban J connectivity index is 1.61. The standard InChI is InChI=1S/C14H18BrNS/c1-16-13(14-9(15)4-5-17-14)12-10-7-2-3-8(6-7)11(10)12/h4-5,7-8,10-13,16H,2-3,6H2,1H3. The van der Waals surface area contributed by atoms with Crippen LogP contribution >= 0.6 is 27.3 Å². The van der Waals surface area contributed by atoms with Crippen LogP contribution in [0.1, 0.15) is 30.2 Å². The van der Waals surface area contributed by atoms with E-state index in [1.165, 1.54) is 22.2 Å². The summed E-state index contributed by atoms with van der Waals surface area (Å²) in [5.41, 5.74) is 0. The van der Waals surface area contributed by atoms with Gasteiger partial charge in [-0.1, -0.05) is 0 Å². The molecule has 1 aromatic heterocycles. The van der Waals surface area contributed by atoms with Gasteiger partial charge in [0.05, 0.1) is 0 Å². The van der Waals surface area contributed by atoms with Crippen LogP contribution in [0.4, 0.5) is 0 Å². The van der Waals surface area contributed by atoms with E-state index in [1.807, 2.05) is 11.3 Å². The van der Waals surface area contributed by atoms with Gasteiger partial charge in [0.25, 0.3) is 0 Å². The Hall–Kier alpha value is 0.140. The normalized spacial score (nSPS) is 43.8. The van der Waals surface area contributed by atoms with Gasteiger partial charge in [-0.25, -0.2) is 0 Å². The van der Waals surface area contributed by atoms with Crippen molar-refractivity contribution in [3.63, 3.8) is 0 Å². The molecule has 0 saturated heterocycles. The molecule has 5 atom stereocenters. The number of hydrogen-bond acceptors (Lipinski definition) is 2. The molecule has 1 heterocycles. The van der Waals surface area contributed by atoms with Gasteiger partial charge >= 0.3 is 0 Å². The molecule has 3 fully saturated rings.